The van der Waals surface area contributed by atoms with Crippen LogP contribution in [0.4, 0.5) is 10.6 Å². The van der Waals surface area contributed by atoms with E-state index in [4.69, 9.17) is 22.7 Å². The molecule has 0 aliphatic carbocycles. The van der Waals surface area contributed by atoms with Gasteiger partial charge in [-0.25, -0.2) is 9.78 Å². The lowest BCUT2D eigenvalue weighted by Gasteiger charge is -2.34. The number of pyridine rings is 1. The van der Waals surface area contributed by atoms with Crippen molar-refractivity contribution in [1.82, 2.24) is 9.88 Å². The molecule has 0 radical (unpaired) electrons. The summed E-state index contributed by atoms with van der Waals surface area (Å²) in [5.41, 5.74) is 6.20. The molecule has 0 atom stereocenters. The number of carbonyl (C=O) groups excluding carboxylic acids is 1. The molecule has 2 heterocycles. The Kier molecular flexibility index (Phi) is 4.73. The number of nitrogens with zero attached hydrogens (tertiary/aromatic N) is 3. The summed E-state index contributed by atoms with van der Waals surface area (Å²) >= 11 is 4.93. The number of piperazine rings is 1. The zero-order chi connectivity index (χ0) is 14.5. The van der Waals surface area contributed by atoms with E-state index in [1.54, 1.807) is 17.9 Å². The second-order valence-corrected chi connectivity index (χ2v) is 4.86. The van der Waals surface area contributed by atoms with E-state index in [1.165, 1.54) is 0 Å². The van der Waals surface area contributed by atoms with Gasteiger partial charge in [0.25, 0.3) is 0 Å². The molecule has 0 bridgehead atoms. The third kappa shape index (κ3) is 3.36. The molecule has 1 aromatic heterocycles. The number of amides is 1. The summed E-state index contributed by atoms with van der Waals surface area (Å²) in [4.78, 5) is 20.2. The summed E-state index contributed by atoms with van der Waals surface area (Å²) in [7, 11) is 0. The van der Waals surface area contributed by atoms with Crippen molar-refractivity contribution in [1.29, 1.82) is 0 Å². The highest BCUT2D eigenvalue weighted by molar-refractivity contribution is 7.80. The largest absolute Gasteiger partial charge is 0.450 e. The van der Waals surface area contributed by atoms with Gasteiger partial charge in [0.05, 0.1) is 12.3 Å². The standard InChI is InChI=1S/C13H18N4O2S/c1-2-19-13(18)17-8-6-16(7-9-17)11-5-3-4-10(15-11)12(14)20/h3-5H,2,6-9H2,1H3,(H2,14,20). The van der Waals surface area contributed by atoms with Gasteiger partial charge in [0.15, 0.2) is 0 Å². The third-order valence-electron chi connectivity index (χ3n) is 3.12. The Labute approximate surface area is 123 Å². The highest BCUT2D eigenvalue weighted by atomic mass is 32.1. The van der Waals surface area contributed by atoms with Crippen molar-refractivity contribution in [3.63, 3.8) is 0 Å². The van der Waals surface area contributed by atoms with E-state index in [-0.39, 0.29) is 11.1 Å². The predicted octanol–water partition coefficient (Wildman–Crippen LogP) is 0.994. The third-order valence-corrected chi connectivity index (χ3v) is 3.33. The molecule has 20 heavy (non-hydrogen) atoms. The van der Waals surface area contributed by atoms with Gasteiger partial charge in [0.1, 0.15) is 10.8 Å². The molecule has 0 aromatic carbocycles. The van der Waals surface area contributed by atoms with Gasteiger partial charge in [-0.05, 0) is 19.1 Å². The Balaban J connectivity index is 1.98. The SMILES string of the molecule is CCOC(=O)N1CCN(c2cccc(C(N)=S)n2)CC1. The zero-order valence-corrected chi connectivity index (χ0v) is 12.2. The minimum Gasteiger partial charge on any atom is -0.450 e. The van der Waals surface area contributed by atoms with Crippen molar-refractivity contribution in [2.45, 2.75) is 6.92 Å². The monoisotopic (exact) mass is 294 g/mol. The van der Waals surface area contributed by atoms with Crippen molar-refractivity contribution in [2.24, 2.45) is 5.73 Å². The number of carbonyl (C=O) groups is 1. The lowest BCUT2D eigenvalue weighted by atomic mass is 10.3. The molecule has 0 saturated carbocycles. The number of thiocarbonyl (C=S) groups is 1. The molecule has 1 aromatic rings. The first kappa shape index (κ1) is 14.5. The van der Waals surface area contributed by atoms with Gasteiger partial charge in [-0.3, -0.25) is 0 Å². The van der Waals surface area contributed by atoms with Crippen LogP contribution in [0.5, 0.6) is 0 Å². The Hall–Kier alpha value is -1.89. The van der Waals surface area contributed by atoms with Gasteiger partial charge in [-0.2, -0.15) is 0 Å². The molecular weight excluding hydrogens is 276 g/mol. The second kappa shape index (κ2) is 6.51. The molecule has 0 unspecified atom stereocenters. The maximum Gasteiger partial charge on any atom is 0.409 e. The number of anilines is 1. The molecule has 6 nitrogen and oxygen atoms in total. The summed E-state index contributed by atoms with van der Waals surface area (Å²) in [6.07, 6.45) is -0.253. The minimum atomic E-state index is -0.253. The summed E-state index contributed by atoms with van der Waals surface area (Å²) < 4.78 is 4.99. The number of aromatic nitrogens is 1. The average molecular weight is 294 g/mol. The van der Waals surface area contributed by atoms with Crippen LogP contribution in [0.15, 0.2) is 18.2 Å². The van der Waals surface area contributed by atoms with Crippen molar-refractivity contribution in [3.8, 4) is 0 Å². The molecule has 1 amide bonds. The van der Waals surface area contributed by atoms with Crippen molar-refractivity contribution in [2.75, 3.05) is 37.7 Å². The first-order valence-electron chi connectivity index (χ1n) is 6.55. The van der Waals surface area contributed by atoms with Gasteiger partial charge in [0.2, 0.25) is 0 Å². The lowest BCUT2D eigenvalue weighted by molar-refractivity contribution is 0.105. The average Bonchev–Trinajstić information content (AvgIpc) is 2.48. The fourth-order valence-corrected chi connectivity index (χ4v) is 2.18. The molecule has 1 saturated heterocycles. The van der Waals surface area contributed by atoms with E-state index in [1.807, 2.05) is 12.1 Å². The first-order chi connectivity index (χ1) is 9.61. The quantitative estimate of drug-likeness (QED) is 0.838. The molecule has 1 aliphatic rings. The summed E-state index contributed by atoms with van der Waals surface area (Å²) in [5, 5.41) is 0. The van der Waals surface area contributed by atoms with E-state index in [9.17, 15) is 4.79 Å². The predicted molar refractivity (Wildman–Crippen MR) is 80.9 cm³/mol. The molecule has 1 fully saturated rings. The van der Waals surface area contributed by atoms with Crippen molar-refractivity contribution >= 4 is 29.1 Å². The van der Waals surface area contributed by atoms with E-state index < -0.39 is 0 Å². The molecular formula is C13H18N4O2S. The van der Waals surface area contributed by atoms with Gasteiger partial charge >= 0.3 is 6.09 Å². The van der Waals surface area contributed by atoms with Crippen LogP contribution in [0, 0.1) is 0 Å². The molecule has 2 N–H and O–H groups in total. The molecule has 2 rings (SSSR count). The number of rotatable bonds is 3. The lowest BCUT2D eigenvalue weighted by Crippen LogP contribution is -2.49. The maximum atomic E-state index is 11.6. The van der Waals surface area contributed by atoms with Gasteiger partial charge in [-0.1, -0.05) is 18.3 Å². The van der Waals surface area contributed by atoms with Crippen LogP contribution in [-0.2, 0) is 4.74 Å². The fourth-order valence-electron chi connectivity index (χ4n) is 2.07. The Morgan fingerprint density at radius 2 is 2.10 bits per heavy atom. The van der Waals surface area contributed by atoms with Gasteiger partial charge < -0.3 is 20.3 Å². The van der Waals surface area contributed by atoms with E-state index in [2.05, 4.69) is 9.88 Å². The Morgan fingerprint density at radius 3 is 2.70 bits per heavy atom. The summed E-state index contributed by atoms with van der Waals surface area (Å²) in [5.74, 6) is 0.832. The van der Waals surface area contributed by atoms with Gasteiger partial charge in [-0.15, -0.1) is 0 Å². The molecule has 1 aliphatic heterocycles. The highest BCUT2D eigenvalue weighted by Crippen LogP contribution is 2.14. The molecule has 108 valence electrons. The minimum absolute atomic E-state index is 0.253. The van der Waals surface area contributed by atoms with Crippen LogP contribution in [0.25, 0.3) is 0 Å². The van der Waals surface area contributed by atoms with Crippen LogP contribution in [-0.4, -0.2) is 53.8 Å². The topological polar surface area (TPSA) is 71.7 Å². The van der Waals surface area contributed by atoms with E-state index in [0.717, 1.165) is 5.82 Å². The molecule has 7 heteroatoms. The number of hydrogen-bond acceptors (Lipinski definition) is 5. The normalized spacial score (nSPS) is 15.1. The van der Waals surface area contributed by atoms with E-state index in [0.29, 0.717) is 38.5 Å². The van der Waals surface area contributed by atoms with Crippen LogP contribution in [0.3, 0.4) is 0 Å². The number of hydrogen-bond donors (Lipinski definition) is 1. The number of ether oxygens (including phenoxy) is 1. The molecule has 0 spiro atoms. The summed E-state index contributed by atoms with van der Waals surface area (Å²) in [6.45, 7) is 4.88. The van der Waals surface area contributed by atoms with Crippen molar-refractivity contribution in [3.05, 3.63) is 23.9 Å². The zero-order valence-electron chi connectivity index (χ0n) is 11.4. The highest BCUT2D eigenvalue weighted by Gasteiger charge is 2.22. The van der Waals surface area contributed by atoms with Crippen LogP contribution in [0.1, 0.15) is 12.6 Å². The van der Waals surface area contributed by atoms with Crippen molar-refractivity contribution < 1.29 is 9.53 Å². The smallest absolute Gasteiger partial charge is 0.409 e. The van der Waals surface area contributed by atoms with Crippen LogP contribution >= 0.6 is 12.2 Å². The van der Waals surface area contributed by atoms with E-state index >= 15 is 0 Å². The Bertz CT molecular complexity index is 501. The van der Waals surface area contributed by atoms with Gasteiger partial charge in [0, 0.05) is 26.2 Å². The maximum absolute atomic E-state index is 11.6. The second-order valence-electron chi connectivity index (χ2n) is 4.42. The Morgan fingerprint density at radius 1 is 1.40 bits per heavy atom. The van der Waals surface area contributed by atoms with Crippen LogP contribution < -0.4 is 10.6 Å². The number of nitrogens with two attached hydrogens (primary N) is 1. The first-order valence-corrected chi connectivity index (χ1v) is 6.96. The fraction of sp³-hybridized carbons (Fsp3) is 0.462. The summed E-state index contributed by atoms with van der Waals surface area (Å²) in [6, 6.07) is 5.59. The van der Waals surface area contributed by atoms with Crippen LogP contribution in [0.2, 0.25) is 0 Å².